The average molecular weight is 395 g/mol. The van der Waals surface area contributed by atoms with Crippen LogP contribution in [-0.4, -0.2) is 45.9 Å². The first-order chi connectivity index (χ1) is 12.5. The van der Waals surface area contributed by atoms with Gasteiger partial charge in [-0.05, 0) is 30.3 Å². The van der Waals surface area contributed by atoms with Gasteiger partial charge in [-0.2, -0.15) is 15.4 Å². The predicted octanol–water partition coefficient (Wildman–Crippen LogP) is 3.62. The Morgan fingerprint density at radius 2 is 2.00 bits per heavy atom. The molecule has 1 amide bonds. The normalized spacial score (nSPS) is 17.7. The molecule has 1 aliphatic rings. The van der Waals surface area contributed by atoms with Gasteiger partial charge in [0.2, 0.25) is 0 Å². The molecule has 6 nitrogen and oxygen atoms in total. The number of hydrogen-bond donors (Lipinski definition) is 1. The number of nitrogens with one attached hydrogen (secondary N) is 1. The van der Waals surface area contributed by atoms with E-state index in [2.05, 4.69) is 15.4 Å². The molecule has 26 heavy (non-hydrogen) atoms. The molecule has 3 aromatic rings. The summed E-state index contributed by atoms with van der Waals surface area (Å²) in [5, 5.41) is 10.7. The third-order valence-electron chi connectivity index (χ3n) is 4.30. The summed E-state index contributed by atoms with van der Waals surface area (Å²) in [5.41, 5.74) is 2.27. The highest BCUT2D eigenvalue weighted by atomic mass is 35.5. The number of carbonyl (C=O) groups excluding carboxylic acids is 1. The number of nitrogens with zero attached hydrogens (tertiary/aromatic N) is 3. The minimum absolute atomic E-state index is 0.0524. The molecular weight excluding hydrogens is 382 g/mol. The quantitative estimate of drug-likeness (QED) is 0.673. The minimum Gasteiger partial charge on any atom is -0.370 e. The maximum Gasteiger partial charge on any atom is 0.254 e. The van der Waals surface area contributed by atoms with Gasteiger partial charge in [-0.15, -0.1) is 0 Å². The lowest BCUT2D eigenvalue weighted by Crippen LogP contribution is -2.42. The van der Waals surface area contributed by atoms with Gasteiger partial charge in [0.05, 0.1) is 18.2 Å². The number of amides is 1. The van der Waals surface area contributed by atoms with Crippen molar-refractivity contribution < 1.29 is 13.9 Å². The van der Waals surface area contributed by atoms with Crippen LogP contribution >= 0.6 is 23.2 Å². The Kier molecular flexibility index (Phi) is 4.52. The fourth-order valence-corrected chi connectivity index (χ4v) is 3.47. The standard InChI is InChI=1S/C17H13Cl2FN4O2/c18-11-7-12(19)13(20)6-10(11)16-8-24(3-4-26-16)17(25)9-1-2-14-15(5-9)22-23-21-14/h1-2,5-7,16H,3-4,8H2,(H,21,22,23). The molecule has 134 valence electrons. The number of aromatic amines is 1. The number of ether oxygens (including phenoxy) is 1. The zero-order valence-corrected chi connectivity index (χ0v) is 14.9. The molecule has 0 aliphatic carbocycles. The Morgan fingerprint density at radius 3 is 2.85 bits per heavy atom. The number of halogens is 3. The van der Waals surface area contributed by atoms with Crippen LogP contribution in [0.1, 0.15) is 22.0 Å². The third-order valence-corrected chi connectivity index (χ3v) is 4.92. The Bertz CT molecular complexity index is 994. The van der Waals surface area contributed by atoms with Crippen molar-refractivity contribution in [2.45, 2.75) is 6.10 Å². The lowest BCUT2D eigenvalue weighted by Gasteiger charge is -2.33. The second-order valence-corrected chi connectivity index (χ2v) is 6.74. The van der Waals surface area contributed by atoms with Crippen molar-refractivity contribution >= 4 is 40.1 Å². The summed E-state index contributed by atoms with van der Waals surface area (Å²) >= 11 is 11.9. The molecule has 1 unspecified atom stereocenters. The molecule has 1 saturated heterocycles. The molecule has 1 aliphatic heterocycles. The maximum atomic E-state index is 13.8. The highest BCUT2D eigenvalue weighted by Gasteiger charge is 2.28. The van der Waals surface area contributed by atoms with Gasteiger partial charge in [-0.3, -0.25) is 4.79 Å². The van der Waals surface area contributed by atoms with Crippen molar-refractivity contribution in [2.75, 3.05) is 19.7 Å². The Balaban J connectivity index is 1.58. The molecule has 1 N–H and O–H groups in total. The van der Waals surface area contributed by atoms with Crippen LogP contribution < -0.4 is 0 Å². The van der Waals surface area contributed by atoms with Crippen LogP contribution in [0.5, 0.6) is 0 Å². The molecule has 2 aromatic carbocycles. The average Bonchev–Trinajstić information content (AvgIpc) is 3.12. The molecule has 0 bridgehead atoms. The highest BCUT2D eigenvalue weighted by Crippen LogP contribution is 2.32. The zero-order valence-electron chi connectivity index (χ0n) is 13.4. The summed E-state index contributed by atoms with van der Waals surface area (Å²) in [6.45, 7) is 1.01. The Labute approximate surface area is 157 Å². The Morgan fingerprint density at radius 1 is 1.19 bits per heavy atom. The molecule has 1 fully saturated rings. The molecule has 4 rings (SSSR count). The summed E-state index contributed by atoms with van der Waals surface area (Å²) in [6, 6.07) is 7.71. The van der Waals surface area contributed by atoms with E-state index in [9.17, 15) is 9.18 Å². The number of aromatic nitrogens is 3. The van der Waals surface area contributed by atoms with Crippen molar-refractivity contribution in [3.05, 3.63) is 57.3 Å². The van der Waals surface area contributed by atoms with Crippen molar-refractivity contribution in [3.8, 4) is 0 Å². The van der Waals surface area contributed by atoms with E-state index in [4.69, 9.17) is 27.9 Å². The van der Waals surface area contributed by atoms with Crippen molar-refractivity contribution in [2.24, 2.45) is 0 Å². The van der Waals surface area contributed by atoms with Gasteiger partial charge in [-0.25, -0.2) is 4.39 Å². The van der Waals surface area contributed by atoms with E-state index in [-0.39, 0.29) is 17.5 Å². The van der Waals surface area contributed by atoms with E-state index < -0.39 is 11.9 Å². The second-order valence-electron chi connectivity index (χ2n) is 5.93. The molecule has 1 aromatic heterocycles. The molecule has 1 atom stereocenters. The van der Waals surface area contributed by atoms with Crippen LogP contribution in [0, 0.1) is 5.82 Å². The third kappa shape index (κ3) is 3.13. The van der Waals surface area contributed by atoms with Crippen molar-refractivity contribution in [1.29, 1.82) is 0 Å². The number of carbonyl (C=O) groups is 1. The second kappa shape index (κ2) is 6.83. The smallest absolute Gasteiger partial charge is 0.254 e. The van der Waals surface area contributed by atoms with E-state index in [0.29, 0.717) is 40.3 Å². The van der Waals surface area contributed by atoms with Gasteiger partial charge in [0, 0.05) is 22.7 Å². The van der Waals surface area contributed by atoms with Crippen LogP contribution in [0.15, 0.2) is 30.3 Å². The number of fused-ring (bicyclic) bond motifs is 1. The molecular formula is C17H13Cl2FN4O2. The first kappa shape index (κ1) is 17.2. The summed E-state index contributed by atoms with van der Waals surface area (Å²) in [6.07, 6.45) is -0.525. The Hall–Kier alpha value is -2.22. The van der Waals surface area contributed by atoms with Crippen LogP contribution in [0.2, 0.25) is 10.0 Å². The molecule has 0 spiro atoms. The van der Waals surface area contributed by atoms with Crippen molar-refractivity contribution in [1.82, 2.24) is 20.3 Å². The van der Waals surface area contributed by atoms with Crippen LogP contribution in [-0.2, 0) is 4.74 Å². The van der Waals surface area contributed by atoms with Gasteiger partial charge >= 0.3 is 0 Å². The number of benzene rings is 2. The van der Waals surface area contributed by atoms with Gasteiger partial charge in [-0.1, -0.05) is 23.2 Å². The number of rotatable bonds is 2. The number of H-pyrrole nitrogens is 1. The fourth-order valence-electron chi connectivity index (χ4n) is 2.96. The summed E-state index contributed by atoms with van der Waals surface area (Å²) in [5.74, 6) is -0.733. The van der Waals surface area contributed by atoms with E-state index in [1.807, 2.05) is 0 Å². The maximum absolute atomic E-state index is 13.8. The summed E-state index contributed by atoms with van der Waals surface area (Å²) in [4.78, 5) is 14.5. The van der Waals surface area contributed by atoms with Crippen LogP contribution in [0.3, 0.4) is 0 Å². The molecule has 9 heteroatoms. The first-order valence-electron chi connectivity index (χ1n) is 7.89. The van der Waals surface area contributed by atoms with Crippen molar-refractivity contribution in [3.63, 3.8) is 0 Å². The number of hydrogen-bond acceptors (Lipinski definition) is 4. The number of morpholine rings is 1. The van der Waals surface area contributed by atoms with Crippen LogP contribution in [0.4, 0.5) is 4.39 Å². The lowest BCUT2D eigenvalue weighted by atomic mass is 10.1. The van der Waals surface area contributed by atoms with Gasteiger partial charge < -0.3 is 9.64 Å². The van der Waals surface area contributed by atoms with E-state index in [1.54, 1.807) is 23.1 Å². The minimum atomic E-state index is -0.574. The van der Waals surface area contributed by atoms with E-state index >= 15 is 0 Å². The van der Waals surface area contributed by atoms with Crippen LogP contribution in [0.25, 0.3) is 11.0 Å². The summed E-state index contributed by atoms with van der Waals surface area (Å²) in [7, 11) is 0. The first-order valence-corrected chi connectivity index (χ1v) is 8.64. The van der Waals surface area contributed by atoms with E-state index in [0.717, 1.165) is 0 Å². The molecule has 0 saturated carbocycles. The summed E-state index contributed by atoms with van der Waals surface area (Å²) < 4.78 is 19.5. The van der Waals surface area contributed by atoms with Gasteiger partial charge in [0.25, 0.3) is 5.91 Å². The van der Waals surface area contributed by atoms with E-state index in [1.165, 1.54) is 12.1 Å². The highest BCUT2D eigenvalue weighted by molar-refractivity contribution is 6.35. The molecule has 2 heterocycles. The fraction of sp³-hybridized carbons (Fsp3) is 0.235. The van der Waals surface area contributed by atoms with Gasteiger partial charge in [0.15, 0.2) is 0 Å². The SMILES string of the molecule is O=C(c1ccc2n[nH]nc2c1)N1CCOC(c2cc(F)c(Cl)cc2Cl)C1. The largest absolute Gasteiger partial charge is 0.370 e. The predicted molar refractivity (Wildman–Crippen MR) is 94.9 cm³/mol. The zero-order chi connectivity index (χ0) is 18.3. The lowest BCUT2D eigenvalue weighted by molar-refractivity contribution is -0.0228. The topological polar surface area (TPSA) is 71.1 Å². The van der Waals surface area contributed by atoms with Gasteiger partial charge in [0.1, 0.15) is 23.0 Å². The molecule has 0 radical (unpaired) electrons. The monoisotopic (exact) mass is 394 g/mol.